The Hall–Kier alpha value is -4.10. The molecule has 2 saturated heterocycles. The van der Waals surface area contributed by atoms with Crippen LogP contribution in [0, 0.1) is 53.4 Å². The average molecular weight is 1320 g/mol. The van der Waals surface area contributed by atoms with Crippen molar-refractivity contribution in [2.24, 2.45) is 11.8 Å². The molecule has 1 amide bonds. The number of Topliss-reactive ketones (excluding diaryl/α,β-unsaturated/α-hetero) is 6. The highest BCUT2D eigenvalue weighted by atomic mass is 35.5. The van der Waals surface area contributed by atoms with Crippen molar-refractivity contribution in [1.29, 1.82) is 0 Å². The molecule has 10 nitrogen and oxygen atoms in total. The monoisotopic (exact) mass is 1320 g/mol. The number of likely N-dealkylation sites (tertiary alicyclic amines) is 2. The van der Waals surface area contributed by atoms with Gasteiger partial charge in [0.1, 0.15) is 6.61 Å². The summed E-state index contributed by atoms with van der Waals surface area (Å²) in [7, 11) is 1.53. The Bertz CT molecular complexity index is 2990. The maximum Gasteiger partial charge on any atom is 0.222 e. The first kappa shape index (κ1) is 75.4. The first-order valence-electron chi connectivity index (χ1n) is 31.5. The molecule has 0 unspecified atom stereocenters. The zero-order valence-electron chi connectivity index (χ0n) is 53.1. The lowest BCUT2D eigenvalue weighted by Gasteiger charge is -2.26. The normalized spacial score (nSPS) is 14.6. The number of ether oxygens (including phenoxy) is 1. The van der Waals surface area contributed by atoms with Gasteiger partial charge in [0.05, 0.1) is 29.3 Å². The van der Waals surface area contributed by atoms with Gasteiger partial charge < -0.3 is 14.5 Å². The summed E-state index contributed by atoms with van der Waals surface area (Å²) in [6, 6.07) is 23.5. The summed E-state index contributed by atoms with van der Waals surface area (Å²) in [6.45, 7) is 19.9. The van der Waals surface area contributed by atoms with E-state index in [1.165, 1.54) is 133 Å². The molecule has 6 aromatic rings. The van der Waals surface area contributed by atoms with Crippen LogP contribution < -0.4 is 0 Å². The summed E-state index contributed by atoms with van der Waals surface area (Å²) in [5.41, 5.74) is 0. The molecular formula is C70H97ClN2O8S6. The number of ketones is 6. The van der Waals surface area contributed by atoms with Crippen LogP contribution in [0.5, 0.6) is 0 Å². The second kappa shape index (κ2) is 42.1. The maximum absolute atomic E-state index is 11.9. The van der Waals surface area contributed by atoms with Gasteiger partial charge in [-0.05, 0) is 197 Å². The van der Waals surface area contributed by atoms with Gasteiger partial charge in [-0.25, -0.2) is 0 Å². The van der Waals surface area contributed by atoms with Crippen molar-refractivity contribution < 1.29 is 38.3 Å². The van der Waals surface area contributed by atoms with Crippen molar-refractivity contribution in [3.05, 3.63) is 131 Å². The second-order valence-electron chi connectivity index (χ2n) is 23.2. The fraction of sp³-hybridized carbons (Fsp3) is 0.557. The Balaban J connectivity index is 0.000000225. The van der Waals surface area contributed by atoms with Crippen LogP contribution in [-0.2, 0) is 9.53 Å². The molecule has 2 aliphatic heterocycles. The summed E-state index contributed by atoms with van der Waals surface area (Å²) in [5, 5.41) is 0. The maximum atomic E-state index is 11.9. The molecule has 87 heavy (non-hydrogen) atoms. The largest absolute Gasteiger partial charge is 0.376 e. The number of carbonyl (C=O) groups excluding carboxylic acids is 7. The Labute approximate surface area is 550 Å². The van der Waals surface area contributed by atoms with Gasteiger partial charge in [-0.1, -0.05) is 64.7 Å². The average Bonchev–Trinajstić information content (AvgIpc) is 4.45. The van der Waals surface area contributed by atoms with Crippen molar-refractivity contribution in [3.63, 3.8) is 0 Å². The van der Waals surface area contributed by atoms with Crippen LogP contribution in [0.15, 0.2) is 72.8 Å². The minimum Gasteiger partial charge on any atom is -0.376 e. The van der Waals surface area contributed by atoms with E-state index in [-0.39, 0.29) is 36.5 Å². The number of amides is 1. The number of aryl methyl sites for hydroxylation is 6. The number of methoxy groups -OCH3 is 1. The van der Waals surface area contributed by atoms with Crippen LogP contribution in [0.4, 0.5) is 0 Å². The summed E-state index contributed by atoms with van der Waals surface area (Å²) >= 11 is 9.51. The van der Waals surface area contributed by atoms with Crippen molar-refractivity contribution >= 4 is 121 Å². The highest BCUT2D eigenvalue weighted by molar-refractivity contribution is 7.15. The molecule has 8 heterocycles. The lowest BCUT2D eigenvalue weighted by molar-refractivity contribution is -0.130. The van der Waals surface area contributed by atoms with E-state index in [1.54, 1.807) is 45.3 Å². The molecule has 6 aromatic heterocycles. The minimum atomic E-state index is 0. The molecule has 2 aliphatic carbocycles. The van der Waals surface area contributed by atoms with Gasteiger partial charge in [0.2, 0.25) is 5.91 Å². The predicted molar refractivity (Wildman–Crippen MR) is 371 cm³/mol. The third kappa shape index (κ3) is 29.2. The van der Waals surface area contributed by atoms with Gasteiger partial charge in [-0.3, -0.25) is 33.6 Å². The topological polar surface area (TPSA) is 135 Å². The first-order valence-corrected chi connectivity index (χ1v) is 36.4. The van der Waals surface area contributed by atoms with E-state index >= 15 is 0 Å². The minimum absolute atomic E-state index is 0. The van der Waals surface area contributed by atoms with E-state index in [0.717, 1.165) is 103 Å². The lowest BCUT2D eigenvalue weighted by atomic mass is 9.82. The predicted octanol–water partition coefficient (Wildman–Crippen LogP) is 19.9. The van der Waals surface area contributed by atoms with Crippen molar-refractivity contribution in [1.82, 2.24) is 9.80 Å². The quantitative estimate of drug-likeness (QED) is 0.0429. The van der Waals surface area contributed by atoms with Crippen molar-refractivity contribution in [3.8, 4) is 0 Å². The number of nitrogens with zero attached hydrogens (tertiary/aromatic N) is 2. The third-order valence-corrected chi connectivity index (χ3v) is 21.9. The SMILES string of the molecule is CCCCC(=O)c1ccc(C)s1.COCC(=O)c1ccc(C)s1.Cc1ccc(C(=O)CC2CCC2)s1.Cc1ccc(C(=O)CC2CCCC2)s1.Cc1ccc(C(=O)CCCC(=O)N2CCCC2)s1.Cc1ccc(C(=O)CCCCN2CCCCC2)s1.Cl. The van der Waals surface area contributed by atoms with Crippen LogP contribution in [0.25, 0.3) is 0 Å². The lowest BCUT2D eigenvalue weighted by Crippen LogP contribution is -2.30. The Morgan fingerprint density at radius 1 is 0.402 bits per heavy atom. The second-order valence-corrected chi connectivity index (χ2v) is 30.9. The van der Waals surface area contributed by atoms with E-state index in [0.29, 0.717) is 67.1 Å². The van der Waals surface area contributed by atoms with E-state index < -0.39 is 0 Å². The van der Waals surface area contributed by atoms with E-state index in [9.17, 15) is 33.6 Å². The molecule has 0 N–H and O–H groups in total. The fourth-order valence-corrected chi connectivity index (χ4v) is 15.3. The molecular weight excluding hydrogens is 1220 g/mol. The summed E-state index contributed by atoms with van der Waals surface area (Å²) < 4.78 is 4.72. The first-order chi connectivity index (χ1) is 41.4. The summed E-state index contributed by atoms with van der Waals surface area (Å²) in [5.74, 6) is 3.13. The highest BCUT2D eigenvalue weighted by Gasteiger charge is 2.23. The molecule has 0 bridgehead atoms. The molecule has 17 heteroatoms. The molecule has 0 aromatic carbocycles. The smallest absolute Gasteiger partial charge is 0.222 e. The van der Waals surface area contributed by atoms with Gasteiger partial charge in [0.15, 0.2) is 34.7 Å². The van der Waals surface area contributed by atoms with Crippen molar-refractivity contribution in [2.75, 3.05) is 46.4 Å². The number of halogens is 1. The van der Waals surface area contributed by atoms with Gasteiger partial charge in [0, 0.05) is 88.0 Å². The number of rotatable bonds is 24. The van der Waals surface area contributed by atoms with E-state index in [4.69, 9.17) is 4.74 Å². The number of thiophene rings is 6. The van der Waals surface area contributed by atoms with Gasteiger partial charge in [-0.15, -0.1) is 80.4 Å². The molecule has 0 atom stereocenters. The van der Waals surface area contributed by atoms with Gasteiger partial charge in [-0.2, -0.15) is 0 Å². The van der Waals surface area contributed by atoms with Crippen LogP contribution in [-0.4, -0.2) is 96.8 Å². The Morgan fingerprint density at radius 2 is 0.747 bits per heavy atom. The van der Waals surface area contributed by atoms with Crippen LogP contribution >= 0.6 is 80.4 Å². The Kier molecular flexibility index (Phi) is 36.4. The molecule has 2 saturated carbocycles. The number of carbonyl (C=O) groups is 7. The molecule has 478 valence electrons. The van der Waals surface area contributed by atoms with Crippen LogP contribution in [0.1, 0.15) is 242 Å². The highest BCUT2D eigenvalue weighted by Crippen LogP contribution is 2.32. The molecule has 4 aliphatic rings. The number of unbranched alkanes of at least 4 members (excludes halogenated alkanes) is 2. The van der Waals surface area contributed by atoms with Crippen LogP contribution in [0.2, 0.25) is 0 Å². The zero-order valence-corrected chi connectivity index (χ0v) is 58.8. The Morgan fingerprint density at radius 3 is 1.09 bits per heavy atom. The molecule has 4 fully saturated rings. The van der Waals surface area contributed by atoms with E-state index in [2.05, 4.69) is 25.7 Å². The van der Waals surface area contributed by atoms with Gasteiger partial charge in [0.25, 0.3) is 0 Å². The standard InChI is InChI=1S/C15H23NOS.C14H19NO2S.C12H16OS.C11H14OS.C10H14OS.C8H10O2S.ClH/c1-13-8-9-15(18-13)14(17)7-3-6-12-16-10-4-2-5-11-16;1-11-7-8-13(18-11)12(16)5-4-6-14(17)15-9-2-3-10-15;1-9-6-7-12(14-9)11(13)8-10-4-2-3-5-10;1-8-5-6-11(13-8)10(12)7-9-3-2-4-9;1-3-4-5-9(11)10-7-6-8(2)12-10;1-6-3-4-8(11-6)7(9)5-10-2;/h8-9H,2-7,10-12H2,1H3;7-8H,2-6,9-10H2,1H3;6-7,10H,2-5,8H2,1H3;5-6,9H,2-4,7H2,1H3;6-7H,3-5H2,1-2H3;3-4H,5H2,1-2H3;1H. The number of piperidine rings is 1. The van der Waals surface area contributed by atoms with E-state index in [1.807, 2.05) is 105 Å². The van der Waals surface area contributed by atoms with Gasteiger partial charge >= 0.3 is 0 Å². The fourth-order valence-electron chi connectivity index (χ4n) is 10.4. The molecule has 10 rings (SSSR count). The third-order valence-electron chi connectivity index (χ3n) is 15.6. The van der Waals surface area contributed by atoms with Crippen LogP contribution in [0.3, 0.4) is 0 Å². The zero-order chi connectivity index (χ0) is 62.2. The summed E-state index contributed by atoms with van der Waals surface area (Å²) in [4.78, 5) is 98.7. The van der Waals surface area contributed by atoms with Crippen molar-refractivity contribution in [2.45, 2.75) is 196 Å². The number of hydrogen-bond acceptors (Lipinski definition) is 15. The molecule has 0 radical (unpaired) electrons. The number of hydrogen-bond donors (Lipinski definition) is 0. The summed E-state index contributed by atoms with van der Waals surface area (Å²) in [6.07, 6.45) is 24.3. The molecule has 0 spiro atoms.